The molecule has 0 saturated heterocycles. The number of nitrogens with one attached hydrogen (secondary N) is 2. The summed E-state index contributed by atoms with van der Waals surface area (Å²) in [5.74, 6) is 1.25. The molecule has 0 spiro atoms. The maximum Gasteiger partial charge on any atom is 0.260 e. The van der Waals surface area contributed by atoms with Gasteiger partial charge < -0.3 is 4.74 Å². The highest BCUT2D eigenvalue weighted by Crippen LogP contribution is 2.20. The molecule has 19 heavy (non-hydrogen) atoms. The number of amidine groups is 1. The first-order valence-electron chi connectivity index (χ1n) is 6.01. The Labute approximate surface area is 110 Å². The van der Waals surface area contributed by atoms with Crippen LogP contribution >= 0.6 is 0 Å². The number of hydrogen-bond acceptors (Lipinski definition) is 4. The minimum Gasteiger partial charge on any atom is -0.486 e. The van der Waals surface area contributed by atoms with Gasteiger partial charge in [0.1, 0.15) is 18.9 Å². The molecule has 1 aliphatic rings. The van der Waals surface area contributed by atoms with Gasteiger partial charge in [-0.1, -0.05) is 30.3 Å². The highest BCUT2D eigenvalue weighted by atomic mass is 16.5. The van der Waals surface area contributed by atoms with Gasteiger partial charge in [0.15, 0.2) is 5.84 Å². The third kappa shape index (κ3) is 2.65. The molecule has 0 aromatic heterocycles. The van der Waals surface area contributed by atoms with Crippen LogP contribution in [0, 0.1) is 0 Å². The first-order chi connectivity index (χ1) is 9.31. The van der Waals surface area contributed by atoms with Gasteiger partial charge in [0.05, 0.1) is 0 Å². The smallest absolute Gasteiger partial charge is 0.260 e. The highest BCUT2D eigenvalue weighted by molar-refractivity contribution is 5.92. The van der Waals surface area contributed by atoms with Crippen LogP contribution in [0.2, 0.25) is 0 Å². The summed E-state index contributed by atoms with van der Waals surface area (Å²) in [7, 11) is 0. The van der Waals surface area contributed by atoms with Gasteiger partial charge >= 0.3 is 0 Å². The van der Waals surface area contributed by atoms with Crippen molar-refractivity contribution in [2.24, 2.45) is 4.99 Å². The fourth-order valence-electron chi connectivity index (χ4n) is 1.88. The Bertz CT molecular complexity index is 652. The molecule has 96 valence electrons. The summed E-state index contributed by atoms with van der Waals surface area (Å²) < 4.78 is 5.64. The van der Waals surface area contributed by atoms with Gasteiger partial charge in [-0.15, -0.1) is 0 Å². The van der Waals surface area contributed by atoms with Crippen molar-refractivity contribution < 1.29 is 9.53 Å². The van der Waals surface area contributed by atoms with E-state index in [1.54, 1.807) is 0 Å². The Morgan fingerprint density at radius 1 is 1.11 bits per heavy atom. The first kappa shape index (κ1) is 11.5. The Morgan fingerprint density at radius 2 is 1.95 bits per heavy atom. The lowest BCUT2D eigenvalue weighted by atomic mass is 10.1. The molecule has 0 bridgehead atoms. The van der Waals surface area contributed by atoms with Crippen LogP contribution in [0.25, 0.3) is 10.8 Å². The van der Waals surface area contributed by atoms with E-state index >= 15 is 0 Å². The van der Waals surface area contributed by atoms with Gasteiger partial charge in [0.2, 0.25) is 0 Å². The van der Waals surface area contributed by atoms with Crippen LogP contribution < -0.4 is 15.6 Å². The van der Waals surface area contributed by atoms with Crippen LogP contribution in [-0.2, 0) is 4.79 Å². The van der Waals surface area contributed by atoms with E-state index in [0.717, 1.165) is 11.1 Å². The van der Waals surface area contributed by atoms with Gasteiger partial charge in [-0.25, -0.2) is 0 Å². The zero-order valence-electron chi connectivity index (χ0n) is 10.2. The molecule has 0 radical (unpaired) electrons. The fourth-order valence-corrected chi connectivity index (χ4v) is 1.88. The van der Waals surface area contributed by atoms with E-state index in [4.69, 9.17) is 4.74 Å². The van der Waals surface area contributed by atoms with Crippen LogP contribution in [0.4, 0.5) is 0 Å². The molecule has 3 rings (SSSR count). The van der Waals surface area contributed by atoms with E-state index in [2.05, 4.69) is 21.9 Å². The third-order valence-corrected chi connectivity index (χ3v) is 2.86. The zero-order chi connectivity index (χ0) is 13.1. The molecule has 2 aromatic rings. The summed E-state index contributed by atoms with van der Waals surface area (Å²) in [6.45, 7) is 0.446. The summed E-state index contributed by atoms with van der Waals surface area (Å²) in [5.41, 5.74) is 5.20. The topological polar surface area (TPSA) is 62.7 Å². The van der Waals surface area contributed by atoms with E-state index in [0.29, 0.717) is 12.4 Å². The molecule has 5 heteroatoms. The summed E-state index contributed by atoms with van der Waals surface area (Å²) in [6, 6.07) is 14.0. The average molecular weight is 255 g/mol. The second kappa shape index (κ2) is 4.97. The number of hydrazine groups is 1. The Hall–Kier alpha value is -2.56. The summed E-state index contributed by atoms with van der Waals surface area (Å²) in [4.78, 5) is 15.0. The highest BCUT2D eigenvalue weighted by Gasteiger charge is 2.09. The molecule has 0 fully saturated rings. The van der Waals surface area contributed by atoms with Crippen molar-refractivity contribution in [2.45, 2.75) is 0 Å². The number of amides is 1. The number of carbonyl (C=O) groups excluding carboxylic acids is 1. The molecule has 0 unspecified atom stereocenters. The molecule has 1 amide bonds. The molecule has 1 aliphatic heterocycles. The van der Waals surface area contributed by atoms with E-state index in [9.17, 15) is 4.79 Å². The van der Waals surface area contributed by atoms with Crippen molar-refractivity contribution >= 4 is 22.5 Å². The molecule has 2 N–H and O–H groups in total. The Kier molecular flexibility index (Phi) is 3.02. The van der Waals surface area contributed by atoms with E-state index in [1.165, 1.54) is 5.39 Å². The van der Waals surface area contributed by atoms with Gasteiger partial charge in [0.25, 0.3) is 5.91 Å². The lowest BCUT2D eigenvalue weighted by Gasteiger charge is -2.16. The van der Waals surface area contributed by atoms with Gasteiger partial charge in [-0.05, 0) is 22.9 Å². The lowest BCUT2D eigenvalue weighted by molar-refractivity contribution is -0.120. The molecule has 1 heterocycles. The molecular weight excluding hydrogens is 242 g/mol. The van der Waals surface area contributed by atoms with E-state index in [1.807, 2.05) is 36.4 Å². The second-order valence-electron chi connectivity index (χ2n) is 4.23. The van der Waals surface area contributed by atoms with Crippen LogP contribution in [0.15, 0.2) is 47.5 Å². The number of fused-ring (bicyclic) bond motifs is 1. The van der Waals surface area contributed by atoms with Crippen molar-refractivity contribution in [2.75, 3.05) is 13.2 Å². The zero-order valence-corrected chi connectivity index (χ0v) is 10.2. The quantitative estimate of drug-likeness (QED) is 0.867. The molecule has 5 nitrogen and oxygen atoms in total. The number of nitrogens with zero attached hydrogens (tertiary/aromatic N) is 1. The standard InChI is InChI=1S/C14H13N3O2/c18-14-8-15-13(16-17-14)9-19-12-6-5-10-3-1-2-4-11(10)7-12/h1-7H,8-9H2,(H,15,16)(H,17,18). The van der Waals surface area contributed by atoms with Crippen molar-refractivity contribution in [1.29, 1.82) is 0 Å². The van der Waals surface area contributed by atoms with Gasteiger partial charge in [-0.2, -0.15) is 0 Å². The van der Waals surface area contributed by atoms with E-state index < -0.39 is 0 Å². The number of carbonyl (C=O) groups is 1. The maximum absolute atomic E-state index is 10.9. The first-order valence-corrected chi connectivity index (χ1v) is 6.01. The maximum atomic E-state index is 10.9. The van der Waals surface area contributed by atoms with Crippen molar-refractivity contribution in [3.63, 3.8) is 0 Å². The predicted molar refractivity (Wildman–Crippen MR) is 73.0 cm³/mol. The number of benzene rings is 2. The van der Waals surface area contributed by atoms with Crippen molar-refractivity contribution in [1.82, 2.24) is 10.9 Å². The van der Waals surface area contributed by atoms with Crippen molar-refractivity contribution in [3.8, 4) is 5.75 Å². The van der Waals surface area contributed by atoms with Crippen LogP contribution in [0.3, 0.4) is 0 Å². The number of aliphatic imine (C=N–C) groups is 1. The number of ether oxygens (including phenoxy) is 1. The summed E-state index contributed by atoms with van der Waals surface area (Å²) >= 11 is 0. The van der Waals surface area contributed by atoms with Gasteiger partial charge in [0, 0.05) is 0 Å². The fraction of sp³-hybridized carbons (Fsp3) is 0.143. The number of rotatable bonds is 3. The normalized spacial score (nSPS) is 14.5. The predicted octanol–water partition coefficient (Wildman–Crippen LogP) is 1.25. The van der Waals surface area contributed by atoms with Gasteiger partial charge in [-0.3, -0.25) is 20.6 Å². The minimum absolute atomic E-state index is 0.142. The summed E-state index contributed by atoms with van der Waals surface area (Å²) in [5, 5.41) is 2.31. The monoisotopic (exact) mass is 255 g/mol. The molecular formula is C14H13N3O2. The molecule has 0 aliphatic carbocycles. The average Bonchev–Trinajstić information content (AvgIpc) is 2.46. The minimum atomic E-state index is -0.144. The van der Waals surface area contributed by atoms with E-state index in [-0.39, 0.29) is 12.5 Å². The summed E-state index contributed by atoms with van der Waals surface area (Å²) in [6.07, 6.45) is 0. The van der Waals surface area contributed by atoms with Crippen LogP contribution in [0.5, 0.6) is 5.75 Å². The third-order valence-electron chi connectivity index (χ3n) is 2.86. The second-order valence-corrected chi connectivity index (χ2v) is 4.23. The molecule has 0 saturated carbocycles. The lowest BCUT2D eigenvalue weighted by Crippen LogP contribution is -2.48. The number of hydrogen-bond donors (Lipinski definition) is 2. The van der Waals surface area contributed by atoms with Crippen molar-refractivity contribution in [3.05, 3.63) is 42.5 Å². The van der Waals surface area contributed by atoms with Crippen LogP contribution in [0.1, 0.15) is 0 Å². The largest absolute Gasteiger partial charge is 0.486 e. The molecule has 0 atom stereocenters. The van der Waals surface area contributed by atoms with Crippen LogP contribution in [-0.4, -0.2) is 24.9 Å². The Balaban J connectivity index is 1.70. The molecule has 2 aromatic carbocycles. The SMILES string of the molecule is O=C1CN=C(COc2ccc3ccccc3c2)NN1. The Morgan fingerprint density at radius 3 is 2.74 bits per heavy atom.